The van der Waals surface area contributed by atoms with E-state index < -0.39 is 23.8 Å². The van der Waals surface area contributed by atoms with Crippen molar-refractivity contribution < 1.29 is 18.0 Å². The number of Topliss-reactive ketones (excluding diaryl/α,β-unsaturated/α-hetero) is 1. The largest absolute Gasteiger partial charge is 0.401 e. The van der Waals surface area contributed by atoms with Crippen LogP contribution in [0.2, 0.25) is 0 Å². The highest BCUT2D eigenvalue weighted by Crippen LogP contribution is 2.53. The molecule has 0 aliphatic heterocycles. The molecule has 13 heavy (non-hydrogen) atoms. The molecule has 0 bridgehead atoms. The number of carbonyl (C=O) groups is 1. The summed E-state index contributed by atoms with van der Waals surface area (Å²) >= 11 is 0. The number of nitrogens with zero attached hydrogens (tertiary/aromatic N) is 1. The zero-order valence-electron chi connectivity index (χ0n) is 6.82. The topological polar surface area (TPSA) is 40.9 Å². The third-order valence-electron chi connectivity index (χ3n) is 2.52. The molecule has 0 radical (unpaired) electrons. The Hall–Kier alpha value is -1.05. The summed E-state index contributed by atoms with van der Waals surface area (Å²) in [5.41, 5.74) is -2.19. The summed E-state index contributed by atoms with van der Waals surface area (Å²) in [4.78, 5) is 11.1. The zero-order chi connectivity index (χ0) is 10.1. The Balaban J connectivity index is 2.83. The SMILES string of the molecule is N#CCC(=O)C1(C(F)(F)F)CCC1. The highest BCUT2D eigenvalue weighted by molar-refractivity contribution is 5.88. The summed E-state index contributed by atoms with van der Waals surface area (Å²) in [5.74, 6) is -0.978. The summed E-state index contributed by atoms with van der Waals surface area (Å²) in [7, 11) is 0. The lowest BCUT2D eigenvalue weighted by molar-refractivity contribution is -0.241. The number of hydrogen-bond acceptors (Lipinski definition) is 2. The monoisotopic (exact) mass is 191 g/mol. The first kappa shape index (κ1) is 10.0. The van der Waals surface area contributed by atoms with Gasteiger partial charge in [0.15, 0.2) is 5.78 Å². The van der Waals surface area contributed by atoms with E-state index in [-0.39, 0.29) is 12.8 Å². The van der Waals surface area contributed by atoms with Gasteiger partial charge < -0.3 is 0 Å². The van der Waals surface area contributed by atoms with Gasteiger partial charge in [-0.25, -0.2) is 0 Å². The molecule has 0 aromatic carbocycles. The molecule has 0 unspecified atom stereocenters. The number of hydrogen-bond donors (Lipinski definition) is 0. The third kappa shape index (κ3) is 1.41. The van der Waals surface area contributed by atoms with Gasteiger partial charge in [-0.15, -0.1) is 0 Å². The Morgan fingerprint density at radius 3 is 2.23 bits per heavy atom. The summed E-state index contributed by atoms with van der Waals surface area (Å²) in [5, 5.41) is 8.15. The Morgan fingerprint density at radius 1 is 1.46 bits per heavy atom. The van der Waals surface area contributed by atoms with Gasteiger partial charge in [0.1, 0.15) is 5.41 Å². The van der Waals surface area contributed by atoms with Crippen LogP contribution in [0, 0.1) is 16.7 Å². The normalized spacial score (nSPS) is 20.2. The molecule has 0 atom stereocenters. The highest BCUT2D eigenvalue weighted by atomic mass is 19.4. The Labute approximate surface area is 73.3 Å². The summed E-state index contributed by atoms with van der Waals surface area (Å²) in [6.07, 6.45) is -5.02. The van der Waals surface area contributed by atoms with Crippen LogP contribution in [0.15, 0.2) is 0 Å². The second-order valence-electron chi connectivity index (χ2n) is 3.19. The highest BCUT2D eigenvalue weighted by Gasteiger charge is 2.62. The molecule has 0 amide bonds. The van der Waals surface area contributed by atoms with Crippen molar-refractivity contribution in [1.29, 1.82) is 5.26 Å². The van der Waals surface area contributed by atoms with E-state index in [1.807, 2.05) is 0 Å². The minimum Gasteiger partial charge on any atom is -0.298 e. The molecule has 1 aliphatic rings. The summed E-state index contributed by atoms with van der Waals surface area (Å²) in [6, 6.07) is 1.46. The van der Waals surface area contributed by atoms with Gasteiger partial charge in [-0.1, -0.05) is 6.42 Å². The molecule has 72 valence electrons. The van der Waals surface area contributed by atoms with Crippen molar-refractivity contribution in [3.8, 4) is 6.07 Å². The van der Waals surface area contributed by atoms with Crippen molar-refractivity contribution in [1.82, 2.24) is 0 Å². The van der Waals surface area contributed by atoms with E-state index in [4.69, 9.17) is 5.26 Å². The molecule has 2 nitrogen and oxygen atoms in total. The standard InChI is InChI=1S/C8H8F3NO/c9-8(10,11)7(3-1-4-7)6(13)2-5-12/h1-4H2. The first-order chi connectivity index (χ1) is 5.94. The average Bonchev–Trinajstić information content (AvgIpc) is 1.80. The Bertz CT molecular complexity index is 260. The lowest BCUT2D eigenvalue weighted by Crippen LogP contribution is -2.50. The van der Waals surface area contributed by atoms with Gasteiger partial charge in [-0.05, 0) is 12.8 Å². The molecule has 0 heterocycles. The van der Waals surface area contributed by atoms with Gasteiger partial charge in [-0.2, -0.15) is 18.4 Å². The zero-order valence-corrected chi connectivity index (χ0v) is 6.82. The molecular formula is C8H8F3NO. The fraction of sp³-hybridized carbons (Fsp3) is 0.750. The van der Waals surface area contributed by atoms with Crippen LogP contribution in [0.1, 0.15) is 25.7 Å². The predicted molar refractivity (Wildman–Crippen MR) is 37.6 cm³/mol. The summed E-state index contributed by atoms with van der Waals surface area (Å²) in [6.45, 7) is 0. The van der Waals surface area contributed by atoms with Gasteiger partial charge in [0, 0.05) is 0 Å². The first-order valence-electron chi connectivity index (χ1n) is 3.91. The van der Waals surface area contributed by atoms with Crippen LogP contribution in [-0.2, 0) is 4.79 Å². The van der Waals surface area contributed by atoms with Gasteiger partial charge in [-0.3, -0.25) is 4.79 Å². The predicted octanol–water partition coefficient (Wildman–Crippen LogP) is 2.20. The second kappa shape index (κ2) is 3.02. The van der Waals surface area contributed by atoms with Gasteiger partial charge >= 0.3 is 6.18 Å². The average molecular weight is 191 g/mol. The maximum absolute atomic E-state index is 12.4. The quantitative estimate of drug-likeness (QED) is 0.671. The van der Waals surface area contributed by atoms with Crippen molar-refractivity contribution in [2.75, 3.05) is 0 Å². The van der Waals surface area contributed by atoms with Crippen LogP contribution in [0.5, 0.6) is 0 Å². The molecule has 1 fully saturated rings. The molecule has 1 rings (SSSR count). The first-order valence-corrected chi connectivity index (χ1v) is 3.91. The molecule has 0 aromatic heterocycles. The maximum Gasteiger partial charge on any atom is 0.401 e. The van der Waals surface area contributed by atoms with E-state index in [9.17, 15) is 18.0 Å². The van der Waals surface area contributed by atoms with Crippen molar-refractivity contribution in [2.45, 2.75) is 31.9 Å². The minimum atomic E-state index is -4.49. The number of rotatable bonds is 2. The molecule has 1 aliphatic carbocycles. The van der Waals surface area contributed by atoms with E-state index in [1.54, 1.807) is 0 Å². The van der Waals surface area contributed by atoms with Gasteiger partial charge in [0.25, 0.3) is 0 Å². The van der Waals surface area contributed by atoms with E-state index in [1.165, 1.54) is 6.07 Å². The molecule has 0 spiro atoms. The maximum atomic E-state index is 12.4. The van der Waals surface area contributed by atoms with E-state index in [0.717, 1.165) is 0 Å². The number of alkyl halides is 3. The molecule has 0 saturated heterocycles. The minimum absolute atomic E-state index is 0.156. The Kier molecular flexibility index (Phi) is 2.33. The number of halogens is 3. The number of nitriles is 1. The molecular weight excluding hydrogens is 183 g/mol. The van der Waals surface area contributed by atoms with Crippen molar-refractivity contribution in [3.05, 3.63) is 0 Å². The lowest BCUT2D eigenvalue weighted by atomic mass is 9.65. The van der Waals surface area contributed by atoms with Gasteiger partial charge in [0.2, 0.25) is 0 Å². The number of ketones is 1. The van der Waals surface area contributed by atoms with E-state index in [2.05, 4.69) is 0 Å². The molecule has 0 aromatic rings. The molecule has 5 heteroatoms. The van der Waals surface area contributed by atoms with Crippen LogP contribution in [0.25, 0.3) is 0 Å². The second-order valence-corrected chi connectivity index (χ2v) is 3.19. The third-order valence-corrected chi connectivity index (χ3v) is 2.52. The Morgan fingerprint density at radius 2 is 2.00 bits per heavy atom. The van der Waals surface area contributed by atoms with E-state index in [0.29, 0.717) is 6.42 Å². The van der Waals surface area contributed by atoms with Crippen LogP contribution in [-0.4, -0.2) is 12.0 Å². The van der Waals surface area contributed by atoms with Crippen molar-refractivity contribution in [2.24, 2.45) is 5.41 Å². The van der Waals surface area contributed by atoms with Crippen LogP contribution in [0.4, 0.5) is 13.2 Å². The lowest BCUT2D eigenvalue weighted by Gasteiger charge is -2.41. The van der Waals surface area contributed by atoms with Crippen LogP contribution in [0.3, 0.4) is 0 Å². The van der Waals surface area contributed by atoms with Crippen LogP contribution < -0.4 is 0 Å². The van der Waals surface area contributed by atoms with Gasteiger partial charge in [0.05, 0.1) is 12.5 Å². The van der Waals surface area contributed by atoms with Crippen molar-refractivity contribution in [3.63, 3.8) is 0 Å². The fourth-order valence-electron chi connectivity index (χ4n) is 1.49. The van der Waals surface area contributed by atoms with Crippen LogP contribution >= 0.6 is 0 Å². The molecule has 1 saturated carbocycles. The van der Waals surface area contributed by atoms with E-state index >= 15 is 0 Å². The fourth-order valence-corrected chi connectivity index (χ4v) is 1.49. The molecule has 0 N–H and O–H groups in total. The smallest absolute Gasteiger partial charge is 0.298 e. The summed E-state index contributed by atoms with van der Waals surface area (Å²) < 4.78 is 37.2. The van der Waals surface area contributed by atoms with Crippen molar-refractivity contribution >= 4 is 5.78 Å². The number of carbonyl (C=O) groups excluding carboxylic acids is 1.